The van der Waals surface area contributed by atoms with Crippen LogP contribution in [-0.2, 0) is 16.6 Å². The molecule has 0 aliphatic carbocycles. The first-order valence-electron chi connectivity index (χ1n) is 7.26. The molecule has 0 atom stereocenters. The summed E-state index contributed by atoms with van der Waals surface area (Å²) in [7, 11) is -3.84. The second-order valence-electron chi connectivity index (χ2n) is 5.45. The predicted molar refractivity (Wildman–Crippen MR) is 85.7 cm³/mol. The van der Waals surface area contributed by atoms with Crippen molar-refractivity contribution in [1.82, 2.24) is 4.72 Å². The van der Waals surface area contributed by atoms with E-state index < -0.39 is 21.8 Å². The van der Waals surface area contributed by atoms with Crippen molar-refractivity contribution in [2.75, 3.05) is 0 Å². The van der Waals surface area contributed by atoms with Crippen LogP contribution in [-0.4, -0.2) is 14.4 Å². The molecule has 0 spiro atoms. The lowest BCUT2D eigenvalue weighted by molar-refractivity contribution is -0.257. The van der Waals surface area contributed by atoms with Crippen molar-refractivity contribution >= 4 is 27.0 Å². The molecule has 8 heteroatoms. The maximum atomic E-state index is 12.9. The van der Waals surface area contributed by atoms with Crippen molar-refractivity contribution in [3.05, 3.63) is 65.2 Å². The molecule has 0 bridgehead atoms. The number of aryl methyl sites for hydroxylation is 1. The third-order valence-corrected chi connectivity index (χ3v) is 5.18. The molecular weight excluding hydrogens is 349 g/mol. The molecule has 130 valence electrons. The number of aromatic carboxylic acids is 1. The number of carbonyl (C=O) groups excluding carboxylic acids is 1. The van der Waals surface area contributed by atoms with Gasteiger partial charge in [-0.15, -0.1) is 0 Å². The molecule has 6 nitrogen and oxygen atoms in total. The second kappa shape index (κ2) is 6.30. The smallest absolute Gasteiger partial charge is 0.240 e. The molecule has 2 aromatic carbocycles. The lowest BCUT2D eigenvalue weighted by Crippen LogP contribution is -2.23. The normalized spacial score (nSPS) is 11.8. The first-order chi connectivity index (χ1) is 11.8. The van der Waals surface area contributed by atoms with E-state index >= 15 is 0 Å². The fraction of sp³-hybridized carbons (Fsp3) is 0.118. The highest BCUT2D eigenvalue weighted by Crippen LogP contribution is 2.27. The van der Waals surface area contributed by atoms with Gasteiger partial charge in [0.1, 0.15) is 17.4 Å². The third-order valence-electron chi connectivity index (χ3n) is 3.78. The average molecular weight is 362 g/mol. The molecule has 0 amide bonds. The van der Waals surface area contributed by atoms with Gasteiger partial charge < -0.3 is 14.3 Å². The molecule has 1 aromatic heterocycles. The summed E-state index contributed by atoms with van der Waals surface area (Å²) >= 11 is 0. The van der Waals surface area contributed by atoms with E-state index in [4.69, 9.17) is 4.42 Å². The Kier molecular flexibility index (Phi) is 4.32. The highest BCUT2D eigenvalue weighted by Gasteiger charge is 2.18. The standard InChI is InChI=1S/C17H14FNO5S/c1-10-14-8-13(6-7-15(14)24-16(10)17(20)21)25(22,23)19-9-11-2-4-12(18)5-3-11/h2-8,19H,9H2,1H3,(H,20,21)/p-1. The lowest BCUT2D eigenvalue weighted by Gasteiger charge is -2.07. The molecule has 0 saturated carbocycles. The highest BCUT2D eigenvalue weighted by atomic mass is 32.2. The summed E-state index contributed by atoms with van der Waals surface area (Å²) in [5, 5.41) is 11.4. The number of benzene rings is 2. The van der Waals surface area contributed by atoms with E-state index in [1.807, 2.05) is 0 Å². The van der Waals surface area contributed by atoms with Crippen LogP contribution in [0.2, 0.25) is 0 Å². The van der Waals surface area contributed by atoms with E-state index in [0.717, 1.165) is 0 Å². The van der Waals surface area contributed by atoms with Crippen molar-refractivity contribution in [2.24, 2.45) is 0 Å². The molecule has 1 N–H and O–H groups in total. The zero-order valence-electron chi connectivity index (χ0n) is 13.1. The van der Waals surface area contributed by atoms with Gasteiger partial charge in [0.25, 0.3) is 0 Å². The summed E-state index contributed by atoms with van der Waals surface area (Å²) in [6.45, 7) is 1.51. The number of halogens is 1. The van der Waals surface area contributed by atoms with Crippen molar-refractivity contribution in [3.63, 3.8) is 0 Å². The zero-order valence-corrected chi connectivity index (χ0v) is 13.9. The van der Waals surface area contributed by atoms with Gasteiger partial charge >= 0.3 is 0 Å². The number of carboxylic acid groups (broad SMARTS) is 1. The molecule has 0 aliphatic heterocycles. The summed E-state index contributed by atoms with van der Waals surface area (Å²) in [5.74, 6) is -2.20. The van der Waals surface area contributed by atoms with E-state index in [-0.39, 0.29) is 22.8 Å². The van der Waals surface area contributed by atoms with Crippen molar-refractivity contribution in [1.29, 1.82) is 0 Å². The molecule has 0 fully saturated rings. The molecule has 0 saturated heterocycles. The largest absolute Gasteiger partial charge is 0.542 e. The van der Waals surface area contributed by atoms with Gasteiger partial charge in [0.05, 0.1) is 4.90 Å². The number of carboxylic acids is 1. The Hall–Kier alpha value is -2.71. The highest BCUT2D eigenvalue weighted by molar-refractivity contribution is 7.89. The van der Waals surface area contributed by atoms with Crippen LogP contribution in [0.1, 0.15) is 21.7 Å². The average Bonchev–Trinajstić information content (AvgIpc) is 2.91. The van der Waals surface area contributed by atoms with Crippen LogP contribution in [0, 0.1) is 12.7 Å². The van der Waals surface area contributed by atoms with Gasteiger partial charge in [0.2, 0.25) is 10.0 Å². The van der Waals surface area contributed by atoms with E-state index in [0.29, 0.717) is 16.5 Å². The maximum Gasteiger partial charge on any atom is 0.240 e. The van der Waals surface area contributed by atoms with Crippen LogP contribution in [0.25, 0.3) is 11.0 Å². The monoisotopic (exact) mass is 362 g/mol. The number of rotatable bonds is 5. The molecular formula is C17H13FNO5S-. The Balaban J connectivity index is 1.90. The van der Waals surface area contributed by atoms with Crippen LogP contribution in [0.5, 0.6) is 0 Å². The van der Waals surface area contributed by atoms with Gasteiger partial charge in [0, 0.05) is 17.5 Å². The van der Waals surface area contributed by atoms with Gasteiger partial charge in [0.15, 0.2) is 5.76 Å². The van der Waals surface area contributed by atoms with Crippen LogP contribution >= 0.6 is 0 Å². The SMILES string of the molecule is Cc1c(C(=O)[O-])oc2ccc(S(=O)(=O)NCc3ccc(F)cc3)cc12. The third kappa shape index (κ3) is 3.40. The second-order valence-corrected chi connectivity index (χ2v) is 7.22. The number of fused-ring (bicyclic) bond motifs is 1. The fourth-order valence-electron chi connectivity index (χ4n) is 2.43. The Labute approximate surface area is 142 Å². The number of sulfonamides is 1. The lowest BCUT2D eigenvalue weighted by atomic mass is 10.1. The number of carbonyl (C=O) groups is 1. The summed E-state index contributed by atoms with van der Waals surface area (Å²) in [4.78, 5) is 11.0. The summed E-state index contributed by atoms with van der Waals surface area (Å²) in [5.41, 5.74) is 1.16. The van der Waals surface area contributed by atoms with Gasteiger partial charge in [-0.25, -0.2) is 17.5 Å². The van der Waals surface area contributed by atoms with Crippen molar-refractivity contribution in [3.8, 4) is 0 Å². The topological polar surface area (TPSA) is 99.4 Å². The molecule has 0 radical (unpaired) electrons. The van der Waals surface area contributed by atoms with E-state index in [2.05, 4.69) is 4.72 Å². The molecule has 25 heavy (non-hydrogen) atoms. The number of hydrogen-bond acceptors (Lipinski definition) is 5. The Morgan fingerprint density at radius 2 is 1.88 bits per heavy atom. The Morgan fingerprint density at radius 3 is 2.52 bits per heavy atom. The van der Waals surface area contributed by atoms with Crippen molar-refractivity contribution in [2.45, 2.75) is 18.4 Å². The Morgan fingerprint density at radius 1 is 1.20 bits per heavy atom. The number of furan rings is 1. The molecule has 3 rings (SSSR count). The molecule has 1 heterocycles. The minimum Gasteiger partial charge on any atom is -0.542 e. The summed E-state index contributed by atoms with van der Waals surface area (Å²) in [6, 6.07) is 9.49. The van der Waals surface area contributed by atoms with Gasteiger partial charge in [-0.2, -0.15) is 0 Å². The van der Waals surface area contributed by atoms with Crippen LogP contribution in [0.4, 0.5) is 4.39 Å². The fourth-order valence-corrected chi connectivity index (χ4v) is 3.47. The number of hydrogen-bond donors (Lipinski definition) is 1. The minimum atomic E-state index is -3.84. The van der Waals surface area contributed by atoms with Gasteiger partial charge in [-0.1, -0.05) is 12.1 Å². The van der Waals surface area contributed by atoms with Crippen LogP contribution < -0.4 is 9.83 Å². The minimum absolute atomic E-state index is 0.00465. The molecule has 0 aliphatic rings. The molecule has 0 unspecified atom stereocenters. The van der Waals surface area contributed by atoms with E-state index in [1.165, 1.54) is 49.4 Å². The zero-order chi connectivity index (χ0) is 18.2. The quantitative estimate of drug-likeness (QED) is 0.745. The summed E-state index contributed by atoms with van der Waals surface area (Å²) in [6.07, 6.45) is 0. The Bertz CT molecular complexity index is 1050. The molecule has 3 aromatic rings. The van der Waals surface area contributed by atoms with Crippen LogP contribution in [0.15, 0.2) is 51.8 Å². The van der Waals surface area contributed by atoms with E-state index in [9.17, 15) is 22.7 Å². The first-order valence-corrected chi connectivity index (χ1v) is 8.75. The van der Waals surface area contributed by atoms with Crippen molar-refractivity contribution < 1.29 is 27.1 Å². The first kappa shape index (κ1) is 17.1. The van der Waals surface area contributed by atoms with Gasteiger partial charge in [-0.3, -0.25) is 0 Å². The van der Waals surface area contributed by atoms with Crippen LogP contribution in [0.3, 0.4) is 0 Å². The number of nitrogens with one attached hydrogen (secondary N) is 1. The summed E-state index contributed by atoms with van der Waals surface area (Å²) < 4.78 is 45.3. The predicted octanol–water partition coefficient (Wildman–Crippen LogP) is 1.72. The van der Waals surface area contributed by atoms with Gasteiger partial charge in [-0.05, 0) is 42.8 Å². The maximum absolute atomic E-state index is 12.9. The van der Waals surface area contributed by atoms with E-state index in [1.54, 1.807) is 0 Å².